The fraction of sp³-hybridized carbons (Fsp3) is 0.333. The molecule has 0 radical (unpaired) electrons. The first-order valence-corrected chi connectivity index (χ1v) is 1.94. The van der Waals surface area contributed by atoms with Crippen LogP contribution in [0.3, 0.4) is 0 Å². The van der Waals surface area contributed by atoms with Crippen LogP contribution in [0.1, 0.15) is 0 Å². The van der Waals surface area contributed by atoms with E-state index in [1.807, 2.05) is 0 Å². The number of rotatable bonds is 0. The highest BCUT2D eigenvalue weighted by molar-refractivity contribution is 5.18. The molecule has 0 N–H and O–H groups in total. The normalized spacial score (nSPS) is 8.50. The topological polar surface area (TPSA) is 48.0 Å². The van der Waals surface area contributed by atoms with Crippen LogP contribution in [-0.2, 0) is 7.05 Å². The Morgan fingerprint density at radius 2 is 2.50 bits per heavy atom. The monoisotopic (exact) mass is 109 g/mol. The SMILES string of the molecule is [C-]#[N+]c1nnn(C)n1. The van der Waals surface area contributed by atoms with E-state index < -0.39 is 0 Å². The lowest BCUT2D eigenvalue weighted by atomic mass is 11.1. The van der Waals surface area contributed by atoms with Crippen molar-refractivity contribution in [3.8, 4) is 0 Å². The molecule has 1 aromatic rings. The molecule has 40 valence electrons. The van der Waals surface area contributed by atoms with E-state index in [-0.39, 0.29) is 5.95 Å². The minimum absolute atomic E-state index is 0.0903. The molecule has 1 heterocycles. The first kappa shape index (κ1) is 4.71. The smallest absolute Gasteiger partial charge is 0.391 e. The molecule has 8 heavy (non-hydrogen) atoms. The molecule has 1 rings (SSSR count). The van der Waals surface area contributed by atoms with Crippen LogP contribution >= 0.6 is 0 Å². The summed E-state index contributed by atoms with van der Waals surface area (Å²) >= 11 is 0. The van der Waals surface area contributed by atoms with Gasteiger partial charge in [0.15, 0.2) is 0 Å². The Morgan fingerprint density at radius 1 is 1.75 bits per heavy atom. The molecule has 0 aliphatic carbocycles. The Kier molecular flexibility index (Phi) is 0.929. The minimum Gasteiger partial charge on any atom is -0.391 e. The predicted molar refractivity (Wildman–Crippen MR) is 25.1 cm³/mol. The maximum atomic E-state index is 6.40. The number of aryl methyl sites for hydroxylation is 1. The second-order valence-electron chi connectivity index (χ2n) is 1.19. The Labute approximate surface area is 45.7 Å². The van der Waals surface area contributed by atoms with Crippen LogP contribution in [0.2, 0.25) is 0 Å². The molecule has 0 aromatic carbocycles. The van der Waals surface area contributed by atoms with Crippen LogP contribution in [0.5, 0.6) is 0 Å². The third-order valence-electron chi connectivity index (χ3n) is 0.598. The summed E-state index contributed by atoms with van der Waals surface area (Å²) in [6.07, 6.45) is 0. The van der Waals surface area contributed by atoms with Crippen LogP contribution in [0, 0.1) is 6.57 Å². The summed E-state index contributed by atoms with van der Waals surface area (Å²) < 4.78 is 0. The van der Waals surface area contributed by atoms with Crippen molar-refractivity contribution in [2.45, 2.75) is 0 Å². The predicted octanol–water partition coefficient (Wildman–Crippen LogP) is -0.239. The van der Waals surface area contributed by atoms with Gasteiger partial charge in [-0.2, -0.15) is 0 Å². The molecule has 0 saturated heterocycles. The third kappa shape index (κ3) is 0.632. The van der Waals surface area contributed by atoms with Gasteiger partial charge in [-0.25, -0.2) is 0 Å². The van der Waals surface area contributed by atoms with E-state index in [0.29, 0.717) is 0 Å². The zero-order chi connectivity index (χ0) is 5.98. The van der Waals surface area contributed by atoms with Gasteiger partial charge in [0, 0.05) is 5.21 Å². The molecule has 0 amide bonds. The second kappa shape index (κ2) is 1.58. The summed E-state index contributed by atoms with van der Waals surface area (Å²) in [7, 11) is 1.61. The Hall–Kier alpha value is -1.44. The highest BCUT2D eigenvalue weighted by Crippen LogP contribution is 1.94. The van der Waals surface area contributed by atoms with Gasteiger partial charge in [-0.05, 0) is 10.2 Å². The summed E-state index contributed by atoms with van der Waals surface area (Å²) in [5.41, 5.74) is 0. The third-order valence-corrected chi connectivity index (χ3v) is 0.598. The summed E-state index contributed by atoms with van der Waals surface area (Å²) in [5.74, 6) is 0.0903. The number of tetrazole rings is 1. The van der Waals surface area contributed by atoms with Gasteiger partial charge in [0.25, 0.3) is 0 Å². The van der Waals surface area contributed by atoms with E-state index >= 15 is 0 Å². The van der Waals surface area contributed by atoms with Crippen molar-refractivity contribution in [1.82, 2.24) is 20.2 Å². The molecule has 1 aromatic heterocycles. The maximum Gasteiger partial charge on any atom is 0.416 e. The van der Waals surface area contributed by atoms with Crippen molar-refractivity contribution in [3.05, 3.63) is 11.4 Å². The van der Waals surface area contributed by atoms with Gasteiger partial charge >= 0.3 is 5.95 Å². The lowest BCUT2D eigenvalue weighted by Gasteiger charge is -1.68. The zero-order valence-electron chi connectivity index (χ0n) is 4.24. The molecule has 5 heteroatoms. The lowest BCUT2D eigenvalue weighted by Crippen LogP contribution is -1.90. The standard InChI is InChI=1S/C3H3N5/c1-4-3-5-7-8(2)6-3/h2H3. The number of hydrogen-bond donors (Lipinski definition) is 0. The van der Waals surface area contributed by atoms with Gasteiger partial charge in [0.2, 0.25) is 0 Å². The highest BCUT2D eigenvalue weighted by atomic mass is 15.6. The van der Waals surface area contributed by atoms with E-state index in [1.54, 1.807) is 7.05 Å². The van der Waals surface area contributed by atoms with E-state index in [9.17, 15) is 0 Å². The Balaban J connectivity index is 3.05. The average Bonchev–Trinajstić information content (AvgIpc) is 2.14. The first-order valence-electron chi connectivity index (χ1n) is 1.94. The summed E-state index contributed by atoms with van der Waals surface area (Å²) in [4.78, 5) is 4.18. The van der Waals surface area contributed by atoms with Gasteiger partial charge in [0.1, 0.15) is 0 Å². The number of hydrogen-bond acceptors (Lipinski definition) is 3. The molecule has 0 unspecified atom stereocenters. The molecule has 0 spiro atoms. The summed E-state index contributed by atoms with van der Waals surface area (Å²) in [6, 6.07) is 0. The largest absolute Gasteiger partial charge is 0.416 e. The molecule has 0 fully saturated rings. The van der Waals surface area contributed by atoms with Crippen molar-refractivity contribution < 1.29 is 0 Å². The first-order chi connectivity index (χ1) is 3.83. The van der Waals surface area contributed by atoms with Crippen LogP contribution in [-0.4, -0.2) is 20.2 Å². The van der Waals surface area contributed by atoms with E-state index in [1.165, 1.54) is 4.80 Å². The van der Waals surface area contributed by atoms with E-state index in [0.717, 1.165) is 0 Å². The van der Waals surface area contributed by atoms with Crippen LogP contribution in [0.25, 0.3) is 4.85 Å². The highest BCUT2D eigenvalue weighted by Gasteiger charge is 1.96. The van der Waals surface area contributed by atoms with Crippen LogP contribution in [0.4, 0.5) is 5.95 Å². The molecular formula is C3H3N5. The number of aromatic nitrogens is 4. The van der Waals surface area contributed by atoms with Crippen molar-refractivity contribution >= 4 is 5.95 Å². The molecule has 5 nitrogen and oxygen atoms in total. The van der Waals surface area contributed by atoms with Crippen LogP contribution < -0.4 is 0 Å². The van der Waals surface area contributed by atoms with Gasteiger partial charge < -0.3 is 4.85 Å². The second-order valence-corrected chi connectivity index (χ2v) is 1.19. The average molecular weight is 109 g/mol. The molecule has 0 aliphatic rings. The summed E-state index contributed by atoms with van der Waals surface area (Å²) in [6.45, 7) is 6.40. The molecule has 0 atom stereocenters. The molecule has 0 bridgehead atoms. The van der Waals surface area contributed by atoms with Crippen molar-refractivity contribution in [2.75, 3.05) is 0 Å². The van der Waals surface area contributed by atoms with Crippen LogP contribution in [0.15, 0.2) is 0 Å². The van der Waals surface area contributed by atoms with Crippen molar-refractivity contribution in [3.63, 3.8) is 0 Å². The Morgan fingerprint density at radius 3 is 2.75 bits per heavy atom. The van der Waals surface area contributed by atoms with Gasteiger partial charge in [0.05, 0.1) is 7.05 Å². The van der Waals surface area contributed by atoms with Gasteiger partial charge in [-0.3, -0.25) is 0 Å². The fourth-order valence-electron chi connectivity index (χ4n) is 0.319. The van der Waals surface area contributed by atoms with Gasteiger partial charge in [-0.15, -0.1) is 11.4 Å². The van der Waals surface area contributed by atoms with Crippen molar-refractivity contribution in [2.24, 2.45) is 7.05 Å². The molecule has 0 saturated carbocycles. The molecule has 0 aliphatic heterocycles. The minimum atomic E-state index is 0.0903. The fourth-order valence-corrected chi connectivity index (χ4v) is 0.319. The maximum absolute atomic E-state index is 6.40. The van der Waals surface area contributed by atoms with E-state index in [4.69, 9.17) is 6.57 Å². The summed E-state index contributed by atoms with van der Waals surface area (Å²) in [5, 5.41) is 10.4. The van der Waals surface area contributed by atoms with E-state index in [2.05, 4.69) is 20.3 Å². The molecular weight excluding hydrogens is 106 g/mol. The quantitative estimate of drug-likeness (QED) is 0.432. The number of nitrogens with zero attached hydrogens (tertiary/aromatic N) is 5. The Bertz CT molecular complexity index is 218. The zero-order valence-corrected chi connectivity index (χ0v) is 4.24. The lowest BCUT2D eigenvalue weighted by molar-refractivity contribution is 0.630. The van der Waals surface area contributed by atoms with Gasteiger partial charge in [-0.1, -0.05) is 0 Å². The van der Waals surface area contributed by atoms with Crippen molar-refractivity contribution in [1.29, 1.82) is 0 Å².